The molecule has 0 radical (unpaired) electrons. The second-order valence-electron chi connectivity index (χ2n) is 4.94. The Morgan fingerprint density at radius 1 is 1.21 bits per heavy atom. The number of likely N-dealkylation sites (tertiary alicyclic amines) is 1. The van der Waals surface area contributed by atoms with Crippen molar-refractivity contribution < 1.29 is 4.79 Å². The third-order valence-corrected chi connectivity index (χ3v) is 3.78. The van der Waals surface area contributed by atoms with Crippen molar-refractivity contribution in [3.05, 3.63) is 54.1 Å². The quantitative estimate of drug-likeness (QED) is 0.896. The van der Waals surface area contributed by atoms with E-state index in [-0.39, 0.29) is 5.91 Å². The molecule has 1 amide bonds. The number of carbonyl (C=O) groups excluding carboxylic acids is 1. The zero-order valence-electron chi connectivity index (χ0n) is 10.7. The summed E-state index contributed by atoms with van der Waals surface area (Å²) in [5.41, 5.74) is 1.97. The van der Waals surface area contributed by atoms with Crippen molar-refractivity contribution in [3.8, 4) is 0 Å². The molecule has 0 bridgehead atoms. The van der Waals surface area contributed by atoms with Gasteiger partial charge in [0.2, 0.25) is 0 Å². The summed E-state index contributed by atoms with van der Waals surface area (Å²) in [7, 11) is 0. The van der Waals surface area contributed by atoms with E-state index in [2.05, 4.69) is 34.2 Å². The van der Waals surface area contributed by atoms with Crippen LogP contribution in [0, 0.1) is 0 Å². The van der Waals surface area contributed by atoms with Crippen LogP contribution in [-0.2, 0) is 0 Å². The van der Waals surface area contributed by atoms with Crippen molar-refractivity contribution in [1.82, 2.24) is 14.9 Å². The Kier molecular flexibility index (Phi) is 3.31. The first-order chi connectivity index (χ1) is 9.34. The number of amides is 1. The highest BCUT2D eigenvalue weighted by Gasteiger charge is 2.24. The molecule has 0 atom stereocenters. The number of rotatable bonds is 2. The third-order valence-electron chi connectivity index (χ3n) is 3.78. The van der Waals surface area contributed by atoms with Gasteiger partial charge in [0.05, 0.1) is 12.5 Å². The molecule has 1 aliphatic heterocycles. The molecule has 19 heavy (non-hydrogen) atoms. The number of benzene rings is 1. The number of H-pyrrole nitrogens is 1. The topological polar surface area (TPSA) is 49.0 Å². The predicted molar refractivity (Wildman–Crippen MR) is 72.9 cm³/mol. The summed E-state index contributed by atoms with van der Waals surface area (Å²) in [4.78, 5) is 20.8. The fraction of sp³-hybridized carbons (Fsp3) is 0.333. The van der Waals surface area contributed by atoms with E-state index in [1.807, 2.05) is 11.0 Å². The van der Waals surface area contributed by atoms with Crippen molar-refractivity contribution >= 4 is 5.91 Å². The van der Waals surface area contributed by atoms with Crippen molar-refractivity contribution in [2.45, 2.75) is 18.8 Å². The molecular weight excluding hydrogens is 238 g/mol. The van der Waals surface area contributed by atoms with Crippen LogP contribution in [0.3, 0.4) is 0 Å². The molecule has 4 heteroatoms. The lowest BCUT2D eigenvalue weighted by Crippen LogP contribution is -2.38. The minimum Gasteiger partial charge on any atom is -0.341 e. The summed E-state index contributed by atoms with van der Waals surface area (Å²) >= 11 is 0. The first-order valence-corrected chi connectivity index (χ1v) is 6.67. The molecule has 3 rings (SSSR count). The molecule has 0 aliphatic carbocycles. The Morgan fingerprint density at radius 3 is 2.58 bits per heavy atom. The monoisotopic (exact) mass is 255 g/mol. The van der Waals surface area contributed by atoms with Gasteiger partial charge in [0.15, 0.2) is 0 Å². The fourth-order valence-electron chi connectivity index (χ4n) is 2.68. The van der Waals surface area contributed by atoms with Crippen LogP contribution in [-0.4, -0.2) is 33.9 Å². The van der Waals surface area contributed by atoms with E-state index >= 15 is 0 Å². The number of imidazole rings is 1. The number of piperidine rings is 1. The molecule has 1 aromatic heterocycles. The average molecular weight is 255 g/mol. The van der Waals surface area contributed by atoms with Crippen LogP contribution in [0.1, 0.15) is 34.8 Å². The lowest BCUT2D eigenvalue weighted by molar-refractivity contribution is 0.0707. The highest BCUT2D eigenvalue weighted by Crippen LogP contribution is 2.28. The number of hydrogen-bond acceptors (Lipinski definition) is 2. The maximum Gasteiger partial charge on any atom is 0.271 e. The molecule has 0 saturated carbocycles. The average Bonchev–Trinajstić information content (AvgIpc) is 3.02. The van der Waals surface area contributed by atoms with Crippen LogP contribution in [0.4, 0.5) is 0 Å². The van der Waals surface area contributed by atoms with Crippen molar-refractivity contribution in [3.63, 3.8) is 0 Å². The Bertz CT molecular complexity index is 528. The Balaban J connectivity index is 1.62. The number of aromatic nitrogens is 2. The van der Waals surface area contributed by atoms with Gasteiger partial charge >= 0.3 is 0 Å². The molecule has 0 spiro atoms. The molecule has 98 valence electrons. The third kappa shape index (κ3) is 2.52. The molecule has 1 saturated heterocycles. The van der Waals surface area contributed by atoms with Crippen molar-refractivity contribution in [2.75, 3.05) is 13.1 Å². The van der Waals surface area contributed by atoms with Crippen LogP contribution >= 0.6 is 0 Å². The number of aromatic amines is 1. The van der Waals surface area contributed by atoms with Crippen molar-refractivity contribution in [1.29, 1.82) is 0 Å². The second kappa shape index (κ2) is 5.26. The number of nitrogens with one attached hydrogen (secondary N) is 1. The SMILES string of the molecule is O=C(c1cnc[nH]1)N1CCC(c2ccccc2)CC1. The standard InChI is InChI=1S/C15H17N3O/c19-15(14-10-16-11-17-14)18-8-6-13(7-9-18)12-4-2-1-3-5-12/h1-5,10-11,13H,6-9H2,(H,16,17). The van der Waals surface area contributed by atoms with Gasteiger partial charge in [0.1, 0.15) is 5.69 Å². The summed E-state index contributed by atoms with van der Waals surface area (Å²) in [6, 6.07) is 10.6. The maximum absolute atomic E-state index is 12.2. The van der Waals surface area contributed by atoms with Gasteiger partial charge in [-0.2, -0.15) is 0 Å². The molecule has 1 aromatic carbocycles. The molecule has 0 unspecified atom stereocenters. The normalized spacial score (nSPS) is 16.5. The van der Waals surface area contributed by atoms with E-state index in [9.17, 15) is 4.79 Å². The van der Waals surface area contributed by atoms with Crippen LogP contribution in [0.25, 0.3) is 0 Å². The minimum absolute atomic E-state index is 0.0593. The molecule has 1 aliphatic rings. The smallest absolute Gasteiger partial charge is 0.271 e. The van der Waals surface area contributed by atoms with Gasteiger partial charge in [-0.3, -0.25) is 4.79 Å². The zero-order chi connectivity index (χ0) is 13.1. The van der Waals surface area contributed by atoms with Gasteiger partial charge in [-0.25, -0.2) is 4.98 Å². The van der Waals surface area contributed by atoms with Gasteiger partial charge in [0.25, 0.3) is 5.91 Å². The second-order valence-corrected chi connectivity index (χ2v) is 4.94. The van der Waals surface area contributed by atoms with Crippen LogP contribution < -0.4 is 0 Å². The first kappa shape index (κ1) is 12.0. The Hall–Kier alpha value is -2.10. The fourth-order valence-corrected chi connectivity index (χ4v) is 2.68. The molecule has 4 nitrogen and oxygen atoms in total. The molecule has 1 N–H and O–H groups in total. The highest BCUT2D eigenvalue weighted by molar-refractivity contribution is 5.92. The minimum atomic E-state index is 0.0593. The Morgan fingerprint density at radius 2 is 1.95 bits per heavy atom. The van der Waals surface area contributed by atoms with E-state index < -0.39 is 0 Å². The van der Waals surface area contributed by atoms with Crippen LogP contribution in [0.5, 0.6) is 0 Å². The number of carbonyl (C=O) groups is 1. The van der Waals surface area contributed by atoms with E-state index in [0.29, 0.717) is 11.6 Å². The largest absolute Gasteiger partial charge is 0.341 e. The molecule has 2 aromatic rings. The van der Waals surface area contributed by atoms with Crippen LogP contribution in [0.15, 0.2) is 42.9 Å². The number of nitrogens with zero attached hydrogens (tertiary/aromatic N) is 2. The van der Waals surface area contributed by atoms with Gasteiger partial charge in [-0.1, -0.05) is 30.3 Å². The predicted octanol–water partition coefficient (Wildman–Crippen LogP) is 2.43. The van der Waals surface area contributed by atoms with E-state index in [4.69, 9.17) is 0 Å². The zero-order valence-corrected chi connectivity index (χ0v) is 10.7. The summed E-state index contributed by atoms with van der Waals surface area (Å²) < 4.78 is 0. The molecule has 1 fully saturated rings. The Labute approximate surface area is 112 Å². The van der Waals surface area contributed by atoms with E-state index in [0.717, 1.165) is 25.9 Å². The van der Waals surface area contributed by atoms with E-state index in [1.54, 1.807) is 12.5 Å². The van der Waals surface area contributed by atoms with Gasteiger partial charge in [-0.05, 0) is 24.3 Å². The summed E-state index contributed by atoms with van der Waals surface area (Å²) in [5.74, 6) is 0.635. The maximum atomic E-state index is 12.2. The number of hydrogen-bond donors (Lipinski definition) is 1. The van der Waals surface area contributed by atoms with E-state index in [1.165, 1.54) is 5.56 Å². The lowest BCUT2D eigenvalue weighted by atomic mass is 9.89. The van der Waals surface area contributed by atoms with Crippen LogP contribution in [0.2, 0.25) is 0 Å². The summed E-state index contributed by atoms with van der Waals surface area (Å²) in [6.07, 6.45) is 5.20. The highest BCUT2D eigenvalue weighted by atomic mass is 16.2. The molecular formula is C15H17N3O. The van der Waals surface area contributed by atoms with Gasteiger partial charge < -0.3 is 9.88 Å². The summed E-state index contributed by atoms with van der Waals surface area (Å²) in [5, 5.41) is 0. The first-order valence-electron chi connectivity index (χ1n) is 6.67. The lowest BCUT2D eigenvalue weighted by Gasteiger charge is -2.31. The summed E-state index contributed by atoms with van der Waals surface area (Å²) in [6.45, 7) is 1.63. The molecule has 2 heterocycles. The van der Waals surface area contributed by atoms with Gasteiger partial charge in [0, 0.05) is 13.1 Å². The van der Waals surface area contributed by atoms with Gasteiger partial charge in [-0.15, -0.1) is 0 Å². The van der Waals surface area contributed by atoms with Crippen molar-refractivity contribution in [2.24, 2.45) is 0 Å².